The first-order valence-electron chi connectivity index (χ1n) is 7.56. The minimum atomic E-state index is 0.333. The van der Waals surface area contributed by atoms with E-state index in [2.05, 4.69) is 37.4 Å². The van der Waals surface area contributed by atoms with E-state index < -0.39 is 0 Å². The van der Waals surface area contributed by atoms with Crippen molar-refractivity contribution in [2.24, 2.45) is 0 Å². The largest absolute Gasteiger partial charge is 0.352 e. The van der Waals surface area contributed by atoms with Crippen molar-refractivity contribution in [1.29, 1.82) is 0 Å². The lowest BCUT2D eigenvalue weighted by molar-refractivity contribution is 0.791. The normalized spacial score (nSPS) is 12.6. The summed E-state index contributed by atoms with van der Waals surface area (Å²) >= 11 is 0. The molecule has 0 aliphatic rings. The Bertz CT molecular complexity index is 947. The van der Waals surface area contributed by atoms with Crippen LogP contribution in [0.3, 0.4) is 0 Å². The summed E-state index contributed by atoms with van der Waals surface area (Å²) in [4.78, 5) is 11.8. The fourth-order valence-electron chi connectivity index (χ4n) is 2.65. The molecule has 4 aromatic rings. The van der Waals surface area contributed by atoms with E-state index in [1.54, 1.807) is 12.4 Å². The molecular weight excluding hydrogens is 288 g/mol. The van der Waals surface area contributed by atoms with Crippen molar-refractivity contribution in [3.8, 4) is 0 Å². The van der Waals surface area contributed by atoms with Gasteiger partial charge in [-0.2, -0.15) is 4.98 Å². The Balaban J connectivity index is 1.56. The predicted molar refractivity (Wildman–Crippen MR) is 90.3 cm³/mol. The molecule has 6 nitrogen and oxygen atoms in total. The van der Waals surface area contributed by atoms with Crippen LogP contribution in [-0.4, -0.2) is 31.7 Å². The van der Waals surface area contributed by atoms with E-state index in [1.165, 1.54) is 5.56 Å². The van der Waals surface area contributed by atoms with E-state index in [4.69, 9.17) is 0 Å². The summed E-state index contributed by atoms with van der Waals surface area (Å²) < 4.78 is 0. The fraction of sp³-hybridized carbons (Fsp3) is 0.176. The Labute approximate surface area is 133 Å². The lowest BCUT2D eigenvalue weighted by Gasteiger charge is -2.12. The molecule has 0 fully saturated rings. The van der Waals surface area contributed by atoms with Crippen molar-refractivity contribution in [2.75, 3.05) is 11.9 Å². The molecule has 4 rings (SSSR count). The van der Waals surface area contributed by atoms with Crippen molar-refractivity contribution in [2.45, 2.75) is 12.8 Å². The van der Waals surface area contributed by atoms with Gasteiger partial charge in [-0.3, -0.25) is 4.98 Å². The molecule has 0 saturated heterocycles. The van der Waals surface area contributed by atoms with Crippen molar-refractivity contribution in [3.63, 3.8) is 0 Å². The summed E-state index contributed by atoms with van der Waals surface area (Å²) in [7, 11) is 0. The van der Waals surface area contributed by atoms with Crippen molar-refractivity contribution < 1.29 is 0 Å². The Morgan fingerprint density at radius 1 is 1.09 bits per heavy atom. The molecule has 0 amide bonds. The molecule has 0 aliphatic heterocycles. The number of nitrogens with one attached hydrogen (secondary N) is 2. The van der Waals surface area contributed by atoms with Crippen molar-refractivity contribution >= 4 is 28.0 Å². The highest BCUT2D eigenvalue weighted by Crippen LogP contribution is 2.22. The molecule has 0 spiro atoms. The summed E-state index contributed by atoms with van der Waals surface area (Å²) in [5.41, 5.74) is 3.80. The van der Waals surface area contributed by atoms with Gasteiger partial charge in [-0.15, -0.1) is 10.2 Å². The number of hydrogen-bond donors (Lipinski definition) is 2. The average molecular weight is 304 g/mol. The maximum atomic E-state index is 4.53. The van der Waals surface area contributed by atoms with Crippen LogP contribution in [0.2, 0.25) is 0 Å². The van der Waals surface area contributed by atoms with E-state index in [9.17, 15) is 0 Å². The van der Waals surface area contributed by atoms with Gasteiger partial charge in [-0.05, 0) is 29.7 Å². The van der Waals surface area contributed by atoms with E-state index >= 15 is 0 Å². The Kier molecular flexibility index (Phi) is 3.34. The minimum absolute atomic E-state index is 0.333. The number of pyridine rings is 1. The minimum Gasteiger partial charge on any atom is -0.352 e. The number of anilines is 1. The highest BCUT2D eigenvalue weighted by molar-refractivity contribution is 6.03. The number of aromatic amines is 1. The second kappa shape index (κ2) is 5.64. The molecule has 3 aromatic heterocycles. The second-order valence-corrected chi connectivity index (χ2v) is 5.57. The molecule has 1 atom stereocenters. The summed E-state index contributed by atoms with van der Waals surface area (Å²) in [5.74, 6) is 0.866. The van der Waals surface area contributed by atoms with Gasteiger partial charge in [0.05, 0.1) is 0 Å². The van der Waals surface area contributed by atoms with Gasteiger partial charge in [-0.1, -0.05) is 25.1 Å². The number of rotatable bonds is 4. The molecule has 2 N–H and O–H groups in total. The van der Waals surface area contributed by atoms with E-state index in [0.717, 1.165) is 28.6 Å². The predicted octanol–water partition coefficient (Wildman–Crippen LogP) is 3.12. The third kappa shape index (κ3) is 2.59. The lowest BCUT2D eigenvalue weighted by atomic mass is 10.0. The molecule has 1 unspecified atom stereocenters. The molecule has 0 saturated carbocycles. The standard InChI is InChI=1S/C17H16N6/c1-11(12-6-8-18-9-7-12)10-19-17-21-16-15(22-23-17)13-4-2-3-5-14(13)20-16/h2-9,11H,10H2,1H3,(H2,19,20,21,23). The van der Waals surface area contributed by atoms with Crippen molar-refractivity contribution in [3.05, 3.63) is 54.4 Å². The molecular formula is C17H16N6. The number of benzene rings is 1. The summed E-state index contributed by atoms with van der Waals surface area (Å²) in [6, 6.07) is 12.0. The zero-order valence-corrected chi connectivity index (χ0v) is 12.7. The van der Waals surface area contributed by atoms with Crippen LogP contribution < -0.4 is 5.32 Å². The smallest absolute Gasteiger partial charge is 0.244 e. The molecule has 0 aliphatic carbocycles. The maximum Gasteiger partial charge on any atom is 0.244 e. The number of H-pyrrole nitrogens is 1. The van der Waals surface area contributed by atoms with E-state index in [1.807, 2.05) is 36.4 Å². The average Bonchev–Trinajstić information content (AvgIpc) is 2.98. The first-order chi connectivity index (χ1) is 11.3. The van der Waals surface area contributed by atoms with Crippen LogP contribution >= 0.6 is 0 Å². The van der Waals surface area contributed by atoms with Gasteiger partial charge in [0.25, 0.3) is 0 Å². The third-order valence-electron chi connectivity index (χ3n) is 3.96. The number of aromatic nitrogens is 5. The lowest BCUT2D eigenvalue weighted by Crippen LogP contribution is -2.12. The van der Waals surface area contributed by atoms with Crippen LogP contribution in [0.25, 0.3) is 22.1 Å². The Morgan fingerprint density at radius 3 is 2.78 bits per heavy atom. The molecule has 1 aromatic carbocycles. The number of fused-ring (bicyclic) bond motifs is 3. The van der Waals surface area contributed by atoms with Gasteiger partial charge in [0.15, 0.2) is 5.65 Å². The maximum absolute atomic E-state index is 4.53. The van der Waals surface area contributed by atoms with Gasteiger partial charge in [0.2, 0.25) is 5.95 Å². The SMILES string of the molecule is CC(CNc1nnc2c(n1)[nH]c1ccccc12)c1ccncc1. The molecule has 23 heavy (non-hydrogen) atoms. The van der Waals surface area contributed by atoms with Crippen LogP contribution in [0.5, 0.6) is 0 Å². The second-order valence-electron chi connectivity index (χ2n) is 5.57. The number of para-hydroxylation sites is 1. The summed E-state index contributed by atoms with van der Waals surface area (Å²) in [5, 5.41) is 12.8. The highest BCUT2D eigenvalue weighted by Gasteiger charge is 2.10. The van der Waals surface area contributed by atoms with Gasteiger partial charge >= 0.3 is 0 Å². The zero-order chi connectivity index (χ0) is 15.6. The Hall–Kier alpha value is -3.02. The highest BCUT2D eigenvalue weighted by atomic mass is 15.2. The van der Waals surface area contributed by atoms with Crippen LogP contribution in [0.1, 0.15) is 18.4 Å². The summed E-state index contributed by atoms with van der Waals surface area (Å²) in [6.45, 7) is 2.88. The molecule has 0 bridgehead atoms. The molecule has 0 radical (unpaired) electrons. The Morgan fingerprint density at radius 2 is 1.91 bits per heavy atom. The molecule has 114 valence electrons. The molecule has 6 heteroatoms. The van der Waals surface area contributed by atoms with Gasteiger partial charge < -0.3 is 10.3 Å². The van der Waals surface area contributed by atoms with Gasteiger partial charge in [-0.25, -0.2) is 0 Å². The van der Waals surface area contributed by atoms with E-state index in [0.29, 0.717) is 11.9 Å². The van der Waals surface area contributed by atoms with Crippen LogP contribution in [0.4, 0.5) is 5.95 Å². The fourth-order valence-corrected chi connectivity index (χ4v) is 2.65. The van der Waals surface area contributed by atoms with Gasteiger partial charge in [0.1, 0.15) is 5.52 Å². The number of nitrogens with zero attached hydrogens (tertiary/aromatic N) is 4. The topological polar surface area (TPSA) is 79.4 Å². The van der Waals surface area contributed by atoms with Crippen molar-refractivity contribution in [1.82, 2.24) is 25.1 Å². The quantitative estimate of drug-likeness (QED) is 0.605. The first-order valence-corrected chi connectivity index (χ1v) is 7.56. The zero-order valence-electron chi connectivity index (χ0n) is 12.7. The van der Waals surface area contributed by atoms with Crippen LogP contribution in [0.15, 0.2) is 48.8 Å². The van der Waals surface area contributed by atoms with Gasteiger partial charge in [0, 0.05) is 29.8 Å². The van der Waals surface area contributed by atoms with Crippen LogP contribution in [0, 0.1) is 0 Å². The summed E-state index contributed by atoms with van der Waals surface area (Å²) in [6.07, 6.45) is 3.61. The first kappa shape index (κ1) is 13.6. The van der Waals surface area contributed by atoms with Crippen LogP contribution in [-0.2, 0) is 0 Å². The van der Waals surface area contributed by atoms with E-state index in [-0.39, 0.29) is 0 Å². The third-order valence-corrected chi connectivity index (χ3v) is 3.96. The monoisotopic (exact) mass is 304 g/mol. The number of hydrogen-bond acceptors (Lipinski definition) is 5. The molecule has 3 heterocycles.